The third-order valence-electron chi connectivity index (χ3n) is 1.86. The van der Waals surface area contributed by atoms with Crippen LogP contribution in [0.4, 0.5) is 0 Å². The predicted molar refractivity (Wildman–Crippen MR) is 66.2 cm³/mol. The fourth-order valence-electron chi connectivity index (χ4n) is 1.05. The number of thioether (sulfide) groups is 1. The van der Waals surface area contributed by atoms with Gasteiger partial charge in [-0.2, -0.15) is 5.26 Å². The molecule has 0 heterocycles. The highest BCUT2D eigenvalue weighted by Crippen LogP contribution is 2.26. The van der Waals surface area contributed by atoms with Crippen molar-refractivity contribution in [3.8, 4) is 6.07 Å². The zero-order valence-corrected chi connectivity index (χ0v) is 11.1. The Morgan fingerprint density at radius 3 is 3.00 bits per heavy atom. The highest BCUT2D eigenvalue weighted by Gasteiger charge is 2.05. The largest absolute Gasteiger partial charge is 0.469 e. The van der Waals surface area contributed by atoms with Crippen LogP contribution in [0.15, 0.2) is 27.6 Å². The number of halogens is 1. The summed E-state index contributed by atoms with van der Waals surface area (Å²) in [5, 5.41) is 8.89. The number of methoxy groups -OCH3 is 1. The van der Waals surface area contributed by atoms with Gasteiger partial charge in [-0.1, -0.05) is 15.9 Å². The van der Waals surface area contributed by atoms with Crippen LogP contribution in [0.3, 0.4) is 0 Å². The van der Waals surface area contributed by atoms with Crippen molar-refractivity contribution in [2.75, 3.05) is 12.9 Å². The Labute approximate surface area is 107 Å². The van der Waals surface area contributed by atoms with Gasteiger partial charge in [0.25, 0.3) is 0 Å². The van der Waals surface area contributed by atoms with Crippen LogP contribution in [0.25, 0.3) is 0 Å². The molecule has 0 aliphatic carbocycles. The second kappa shape index (κ2) is 6.56. The lowest BCUT2D eigenvalue weighted by Crippen LogP contribution is -2.01. The van der Waals surface area contributed by atoms with Crippen molar-refractivity contribution in [2.24, 2.45) is 0 Å². The van der Waals surface area contributed by atoms with Crippen molar-refractivity contribution >= 4 is 33.7 Å². The molecule has 0 bridgehead atoms. The number of hydrogen-bond donors (Lipinski definition) is 0. The summed E-state index contributed by atoms with van der Waals surface area (Å²) in [5.41, 5.74) is 0.623. The molecule has 3 nitrogen and oxygen atoms in total. The molecule has 0 unspecified atom stereocenters. The Hall–Kier alpha value is -0.990. The number of carbonyl (C=O) groups is 1. The standard InChI is InChI=1S/C11H10BrNO2S/c1-15-11(14)4-5-16-10-6-9(12)3-2-8(10)7-13/h2-3,6H,4-5H2,1H3. The normalized spacial score (nSPS) is 9.56. The van der Waals surface area contributed by atoms with Crippen LogP contribution in [0.1, 0.15) is 12.0 Å². The molecule has 0 fully saturated rings. The van der Waals surface area contributed by atoms with Gasteiger partial charge in [0, 0.05) is 15.1 Å². The maximum absolute atomic E-state index is 10.9. The fourth-order valence-corrected chi connectivity index (χ4v) is 2.54. The third-order valence-corrected chi connectivity index (χ3v) is 3.41. The zero-order valence-electron chi connectivity index (χ0n) is 8.70. The van der Waals surface area contributed by atoms with Gasteiger partial charge in [0.2, 0.25) is 0 Å². The summed E-state index contributed by atoms with van der Waals surface area (Å²) in [6, 6.07) is 7.57. The van der Waals surface area contributed by atoms with Gasteiger partial charge in [-0.05, 0) is 18.2 Å². The number of carbonyl (C=O) groups excluding carboxylic acids is 1. The van der Waals surface area contributed by atoms with Crippen LogP contribution in [-0.2, 0) is 9.53 Å². The van der Waals surface area contributed by atoms with Crippen LogP contribution in [-0.4, -0.2) is 18.8 Å². The molecular weight excluding hydrogens is 290 g/mol. The molecule has 0 atom stereocenters. The average molecular weight is 300 g/mol. The molecule has 0 N–H and O–H groups in total. The fraction of sp³-hybridized carbons (Fsp3) is 0.273. The SMILES string of the molecule is COC(=O)CCSc1cc(Br)ccc1C#N. The molecule has 0 spiro atoms. The van der Waals surface area contributed by atoms with E-state index in [4.69, 9.17) is 5.26 Å². The van der Waals surface area contributed by atoms with E-state index in [1.165, 1.54) is 18.9 Å². The molecule has 16 heavy (non-hydrogen) atoms. The highest BCUT2D eigenvalue weighted by atomic mass is 79.9. The van der Waals surface area contributed by atoms with E-state index >= 15 is 0 Å². The molecular formula is C11H10BrNO2S. The molecule has 0 radical (unpaired) electrons. The van der Waals surface area contributed by atoms with Gasteiger partial charge in [0.1, 0.15) is 6.07 Å². The molecule has 0 amide bonds. The molecule has 0 aliphatic rings. The minimum atomic E-state index is -0.235. The number of hydrogen-bond acceptors (Lipinski definition) is 4. The summed E-state index contributed by atoms with van der Waals surface area (Å²) in [6.45, 7) is 0. The van der Waals surface area contributed by atoms with Crippen molar-refractivity contribution < 1.29 is 9.53 Å². The first-order chi connectivity index (χ1) is 7.67. The van der Waals surface area contributed by atoms with Crippen molar-refractivity contribution in [3.05, 3.63) is 28.2 Å². The number of benzene rings is 1. The van der Waals surface area contributed by atoms with Gasteiger partial charge in [-0.3, -0.25) is 4.79 Å². The summed E-state index contributed by atoms with van der Waals surface area (Å²) < 4.78 is 5.47. The Kier molecular flexibility index (Phi) is 5.36. The maximum Gasteiger partial charge on any atom is 0.306 e. The minimum Gasteiger partial charge on any atom is -0.469 e. The first kappa shape index (κ1) is 13.1. The quantitative estimate of drug-likeness (QED) is 0.633. The van der Waals surface area contributed by atoms with E-state index in [2.05, 4.69) is 26.7 Å². The smallest absolute Gasteiger partial charge is 0.306 e. The Balaban J connectivity index is 2.63. The topological polar surface area (TPSA) is 50.1 Å². The van der Waals surface area contributed by atoms with Crippen molar-refractivity contribution in [1.29, 1.82) is 5.26 Å². The zero-order chi connectivity index (χ0) is 12.0. The van der Waals surface area contributed by atoms with Crippen LogP contribution >= 0.6 is 27.7 Å². The first-order valence-corrected chi connectivity index (χ1v) is 6.34. The highest BCUT2D eigenvalue weighted by molar-refractivity contribution is 9.10. The van der Waals surface area contributed by atoms with Crippen LogP contribution in [0.5, 0.6) is 0 Å². The van der Waals surface area contributed by atoms with E-state index in [0.717, 1.165) is 9.37 Å². The molecule has 0 aliphatic heterocycles. The van der Waals surface area contributed by atoms with Gasteiger partial charge in [0.15, 0.2) is 0 Å². The number of nitriles is 1. The molecule has 1 rings (SSSR count). The van der Waals surface area contributed by atoms with Gasteiger partial charge in [-0.25, -0.2) is 0 Å². The van der Waals surface area contributed by atoms with Crippen molar-refractivity contribution in [1.82, 2.24) is 0 Å². The monoisotopic (exact) mass is 299 g/mol. The van der Waals surface area contributed by atoms with Gasteiger partial charge in [0.05, 0.1) is 19.1 Å². The van der Waals surface area contributed by atoms with Crippen LogP contribution < -0.4 is 0 Å². The van der Waals surface area contributed by atoms with Gasteiger partial charge in [-0.15, -0.1) is 11.8 Å². The lowest BCUT2D eigenvalue weighted by atomic mass is 10.2. The number of esters is 1. The Morgan fingerprint density at radius 1 is 1.62 bits per heavy atom. The van der Waals surface area contributed by atoms with Crippen molar-refractivity contribution in [2.45, 2.75) is 11.3 Å². The number of nitrogens with zero attached hydrogens (tertiary/aromatic N) is 1. The van der Waals surface area contributed by atoms with Crippen molar-refractivity contribution in [3.63, 3.8) is 0 Å². The van der Waals surface area contributed by atoms with Crippen LogP contribution in [0.2, 0.25) is 0 Å². The van der Waals surface area contributed by atoms with Crippen LogP contribution in [0, 0.1) is 11.3 Å². The molecule has 0 saturated heterocycles. The maximum atomic E-state index is 10.9. The summed E-state index contributed by atoms with van der Waals surface area (Å²) in [6.07, 6.45) is 0.346. The molecule has 1 aromatic carbocycles. The number of ether oxygens (including phenoxy) is 1. The second-order valence-electron chi connectivity index (χ2n) is 2.93. The molecule has 1 aromatic rings. The van der Waals surface area contributed by atoms with Gasteiger partial charge < -0.3 is 4.74 Å². The summed E-state index contributed by atoms with van der Waals surface area (Å²) in [4.78, 5) is 11.8. The van der Waals surface area contributed by atoms with E-state index < -0.39 is 0 Å². The average Bonchev–Trinajstić information content (AvgIpc) is 2.29. The first-order valence-electron chi connectivity index (χ1n) is 4.56. The summed E-state index contributed by atoms with van der Waals surface area (Å²) >= 11 is 4.82. The third kappa shape index (κ3) is 3.87. The number of rotatable bonds is 4. The molecule has 0 aromatic heterocycles. The lowest BCUT2D eigenvalue weighted by molar-refractivity contribution is -0.140. The van der Waals surface area contributed by atoms with E-state index in [1.807, 2.05) is 12.1 Å². The van der Waals surface area contributed by atoms with Gasteiger partial charge >= 0.3 is 5.97 Å². The molecule has 5 heteroatoms. The second-order valence-corrected chi connectivity index (χ2v) is 4.98. The minimum absolute atomic E-state index is 0.235. The molecule has 0 saturated carbocycles. The van der Waals surface area contributed by atoms with E-state index in [1.54, 1.807) is 6.07 Å². The van der Waals surface area contributed by atoms with E-state index in [0.29, 0.717) is 17.7 Å². The molecule has 84 valence electrons. The lowest BCUT2D eigenvalue weighted by Gasteiger charge is -2.03. The summed E-state index contributed by atoms with van der Waals surface area (Å²) in [7, 11) is 1.37. The Morgan fingerprint density at radius 2 is 2.38 bits per heavy atom. The predicted octanol–water partition coefficient (Wildman–Crippen LogP) is 2.98. The van der Waals surface area contributed by atoms with E-state index in [-0.39, 0.29) is 5.97 Å². The summed E-state index contributed by atoms with van der Waals surface area (Å²) in [5.74, 6) is 0.374. The Bertz CT molecular complexity index is 428. The van der Waals surface area contributed by atoms with E-state index in [9.17, 15) is 4.79 Å².